The van der Waals surface area contributed by atoms with Gasteiger partial charge in [-0.05, 0) is 13.0 Å². The second kappa shape index (κ2) is 2.98. The van der Waals surface area contributed by atoms with Gasteiger partial charge in [-0.25, -0.2) is 0 Å². The maximum absolute atomic E-state index is 10.3. The van der Waals surface area contributed by atoms with E-state index in [2.05, 4.69) is 6.92 Å². The molecule has 5 heteroatoms. The molecule has 0 aliphatic carbocycles. The number of phenolic OH excluding ortho intramolecular Hbond substituents is 1. The standard InChI is InChI=1S/C7H5ClNO3/c1-4-2-5(8)3-6(7(4)10)9(11)12/h2-3,10H,1H2. The molecule has 1 N–H and O–H groups in total. The predicted molar refractivity (Wildman–Crippen MR) is 44.2 cm³/mol. The molecule has 4 nitrogen and oxygen atoms in total. The Morgan fingerprint density at radius 2 is 2.17 bits per heavy atom. The number of halogens is 1. The van der Waals surface area contributed by atoms with Crippen molar-refractivity contribution in [3.05, 3.63) is 39.8 Å². The number of rotatable bonds is 1. The van der Waals surface area contributed by atoms with E-state index in [-0.39, 0.29) is 10.6 Å². The number of hydrogen-bond donors (Lipinski definition) is 1. The van der Waals surface area contributed by atoms with E-state index in [1.54, 1.807) is 0 Å². The van der Waals surface area contributed by atoms with Gasteiger partial charge >= 0.3 is 5.69 Å². The summed E-state index contributed by atoms with van der Waals surface area (Å²) in [6, 6.07) is 2.43. The van der Waals surface area contributed by atoms with E-state index >= 15 is 0 Å². The molecule has 0 spiro atoms. The summed E-state index contributed by atoms with van der Waals surface area (Å²) in [6.07, 6.45) is 0. The molecule has 0 bridgehead atoms. The van der Waals surface area contributed by atoms with Gasteiger partial charge in [-0.3, -0.25) is 10.1 Å². The van der Waals surface area contributed by atoms with E-state index in [1.165, 1.54) is 6.07 Å². The third kappa shape index (κ3) is 1.48. The summed E-state index contributed by atoms with van der Waals surface area (Å²) in [5, 5.41) is 19.6. The minimum absolute atomic E-state index is 0.147. The molecule has 1 radical (unpaired) electrons. The molecule has 0 fully saturated rings. The molecule has 0 saturated carbocycles. The normalized spacial score (nSPS) is 9.83. The van der Waals surface area contributed by atoms with Crippen LogP contribution in [0.15, 0.2) is 12.1 Å². The zero-order valence-electron chi connectivity index (χ0n) is 5.95. The number of hydrogen-bond acceptors (Lipinski definition) is 3. The Balaban J connectivity index is 3.37. The number of nitro groups is 1. The molecule has 1 rings (SSSR count). The zero-order valence-corrected chi connectivity index (χ0v) is 6.71. The lowest BCUT2D eigenvalue weighted by atomic mass is 10.2. The van der Waals surface area contributed by atoms with Gasteiger partial charge in [-0.2, -0.15) is 0 Å². The van der Waals surface area contributed by atoms with E-state index in [0.717, 1.165) is 6.07 Å². The molecule has 0 aromatic heterocycles. The van der Waals surface area contributed by atoms with Crippen LogP contribution in [-0.2, 0) is 0 Å². The van der Waals surface area contributed by atoms with Crippen LogP contribution in [0.3, 0.4) is 0 Å². The van der Waals surface area contributed by atoms with E-state index in [9.17, 15) is 10.1 Å². The topological polar surface area (TPSA) is 63.4 Å². The van der Waals surface area contributed by atoms with Gasteiger partial charge in [0.2, 0.25) is 0 Å². The summed E-state index contributed by atoms with van der Waals surface area (Å²) in [4.78, 5) is 9.57. The van der Waals surface area contributed by atoms with Crippen molar-refractivity contribution in [2.75, 3.05) is 0 Å². The molecule has 0 unspecified atom stereocenters. The van der Waals surface area contributed by atoms with Gasteiger partial charge in [0.25, 0.3) is 0 Å². The van der Waals surface area contributed by atoms with Crippen LogP contribution < -0.4 is 0 Å². The lowest BCUT2D eigenvalue weighted by molar-refractivity contribution is -0.385. The summed E-state index contributed by atoms with van der Waals surface area (Å²) in [5.74, 6) is -0.440. The van der Waals surface area contributed by atoms with Crippen molar-refractivity contribution in [1.29, 1.82) is 0 Å². The van der Waals surface area contributed by atoms with E-state index in [4.69, 9.17) is 16.7 Å². The number of phenols is 1. The molecule has 0 atom stereocenters. The molecule has 63 valence electrons. The van der Waals surface area contributed by atoms with Gasteiger partial charge < -0.3 is 5.11 Å². The number of benzene rings is 1. The Kier molecular flexibility index (Phi) is 2.19. The molecule has 0 saturated heterocycles. The highest BCUT2D eigenvalue weighted by atomic mass is 35.5. The first-order valence-corrected chi connectivity index (χ1v) is 3.39. The number of nitrogens with zero attached hydrogens (tertiary/aromatic N) is 1. The molecule has 0 aliphatic heterocycles. The van der Waals surface area contributed by atoms with Crippen molar-refractivity contribution in [2.24, 2.45) is 0 Å². The summed E-state index contributed by atoms with van der Waals surface area (Å²) in [6.45, 7) is 3.39. The monoisotopic (exact) mass is 186 g/mol. The summed E-state index contributed by atoms with van der Waals surface area (Å²) >= 11 is 5.51. The lowest BCUT2D eigenvalue weighted by Crippen LogP contribution is -1.90. The van der Waals surface area contributed by atoms with Crippen LogP contribution in [0.4, 0.5) is 5.69 Å². The van der Waals surface area contributed by atoms with Crippen molar-refractivity contribution in [2.45, 2.75) is 0 Å². The Morgan fingerprint density at radius 3 is 2.67 bits per heavy atom. The molecule has 0 aliphatic rings. The third-order valence-corrected chi connectivity index (χ3v) is 1.55. The van der Waals surface area contributed by atoms with Crippen molar-refractivity contribution in [3.63, 3.8) is 0 Å². The molecular formula is C7H5ClNO3. The Labute approximate surface area is 73.5 Å². The molecule has 1 aromatic carbocycles. The second-order valence-corrected chi connectivity index (χ2v) is 2.63. The fourth-order valence-corrected chi connectivity index (χ4v) is 1.01. The minimum Gasteiger partial charge on any atom is -0.502 e. The van der Waals surface area contributed by atoms with Crippen LogP contribution >= 0.6 is 11.6 Å². The minimum atomic E-state index is -0.712. The van der Waals surface area contributed by atoms with Crippen molar-refractivity contribution >= 4 is 17.3 Å². The molecule has 1 aromatic rings. The SMILES string of the molecule is [CH2]c1cc(Cl)cc([N+](=O)[O-])c1O. The lowest BCUT2D eigenvalue weighted by Gasteiger charge is -1.99. The highest BCUT2D eigenvalue weighted by Crippen LogP contribution is 2.32. The van der Waals surface area contributed by atoms with Crippen LogP contribution in [0.25, 0.3) is 0 Å². The van der Waals surface area contributed by atoms with Crippen LogP contribution in [0.2, 0.25) is 5.02 Å². The fourth-order valence-electron chi connectivity index (χ4n) is 0.779. The highest BCUT2D eigenvalue weighted by molar-refractivity contribution is 6.31. The summed E-state index contributed by atoms with van der Waals surface area (Å²) in [7, 11) is 0. The van der Waals surface area contributed by atoms with Crippen LogP contribution in [0.5, 0.6) is 5.75 Å². The van der Waals surface area contributed by atoms with Crippen LogP contribution in [0, 0.1) is 17.0 Å². The largest absolute Gasteiger partial charge is 0.502 e. The summed E-state index contributed by atoms with van der Waals surface area (Å²) in [5.41, 5.74) is -0.276. The Bertz CT molecular complexity index is 338. The number of nitro benzene ring substituents is 1. The maximum atomic E-state index is 10.3. The first-order chi connectivity index (χ1) is 5.52. The van der Waals surface area contributed by atoms with E-state index in [0.29, 0.717) is 0 Å². The quantitative estimate of drug-likeness (QED) is 0.540. The van der Waals surface area contributed by atoms with Crippen molar-refractivity contribution in [3.8, 4) is 5.75 Å². The molecular weight excluding hydrogens is 182 g/mol. The predicted octanol–water partition coefficient (Wildman–Crippen LogP) is 2.14. The average molecular weight is 187 g/mol. The van der Waals surface area contributed by atoms with Crippen molar-refractivity contribution in [1.82, 2.24) is 0 Å². The van der Waals surface area contributed by atoms with Crippen LogP contribution in [-0.4, -0.2) is 10.0 Å². The Hall–Kier alpha value is -1.29. The van der Waals surface area contributed by atoms with Gasteiger partial charge in [0.1, 0.15) is 0 Å². The highest BCUT2D eigenvalue weighted by Gasteiger charge is 2.15. The van der Waals surface area contributed by atoms with E-state index < -0.39 is 16.4 Å². The van der Waals surface area contributed by atoms with E-state index in [1.807, 2.05) is 0 Å². The molecule has 12 heavy (non-hydrogen) atoms. The van der Waals surface area contributed by atoms with Gasteiger partial charge in [0, 0.05) is 16.7 Å². The van der Waals surface area contributed by atoms with Gasteiger partial charge in [-0.15, -0.1) is 0 Å². The molecule has 0 amide bonds. The number of aromatic hydroxyl groups is 1. The van der Waals surface area contributed by atoms with Gasteiger partial charge in [0.05, 0.1) is 4.92 Å². The molecule has 0 heterocycles. The smallest absolute Gasteiger partial charge is 0.312 e. The van der Waals surface area contributed by atoms with Gasteiger partial charge in [0.15, 0.2) is 5.75 Å². The third-order valence-electron chi connectivity index (χ3n) is 1.33. The van der Waals surface area contributed by atoms with Crippen molar-refractivity contribution < 1.29 is 10.0 Å². The first-order valence-electron chi connectivity index (χ1n) is 3.01. The first kappa shape index (κ1) is 8.80. The average Bonchev–Trinajstić information content (AvgIpc) is 1.96. The maximum Gasteiger partial charge on any atom is 0.312 e. The zero-order chi connectivity index (χ0) is 9.30. The second-order valence-electron chi connectivity index (χ2n) is 2.19. The summed E-state index contributed by atoms with van der Waals surface area (Å²) < 4.78 is 0. The Morgan fingerprint density at radius 1 is 1.58 bits per heavy atom. The fraction of sp³-hybridized carbons (Fsp3) is 0. The van der Waals surface area contributed by atoms with Gasteiger partial charge in [-0.1, -0.05) is 11.6 Å². The van der Waals surface area contributed by atoms with Crippen LogP contribution in [0.1, 0.15) is 5.56 Å².